The van der Waals surface area contributed by atoms with Crippen LogP contribution in [0.15, 0.2) is 24.3 Å². The molecule has 106 valence electrons. The molecule has 0 aliphatic heterocycles. The van der Waals surface area contributed by atoms with Crippen LogP contribution in [-0.2, 0) is 22.4 Å². The van der Waals surface area contributed by atoms with E-state index in [1.54, 1.807) is 0 Å². The fraction of sp³-hybridized carbons (Fsp3) is 0.562. The molecule has 0 aliphatic carbocycles. The highest BCUT2D eigenvalue weighted by atomic mass is 16.5. The van der Waals surface area contributed by atoms with Crippen LogP contribution in [0.5, 0.6) is 0 Å². The van der Waals surface area contributed by atoms with E-state index in [9.17, 15) is 4.79 Å². The van der Waals surface area contributed by atoms with Gasteiger partial charge in [-0.1, -0.05) is 38.1 Å². The molecule has 0 amide bonds. The van der Waals surface area contributed by atoms with Crippen molar-refractivity contribution >= 4 is 5.97 Å². The summed E-state index contributed by atoms with van der Waals surface area (Å²) in [4.78, 5) is 11.1. The molecule has 3 nitrogen and oxygen atoms in total. The number of rotatable bonds is 8. The van der Waals surface area contributed by atoms with E-state index < -0.39 is 0 Å². The second-order valence-electron chi connectivity index (χ2n) is 5.15. The lowest BCUT2D eigenvalue weighted by Gasteiger charge is -2.07. The van der Waals surface area contributed by atoms with E-state index >= 15 is 0 Å². The highest BCUT2D eigenvalue weighted by Crippen LogP contribution is 2.09. The normalized spacial score (nSPS) is 10.7. The first kappa shape index (κ1) is 15.7. The Labute approximate surface area is 116 Å². The maximum absolute atomic E-state index is 11.1. The molecule has 0 bridgehead atoms. The summed E-state index contributed by atoms with van der Waals surface area (Å²) in [5.74, 6) is 0.506. The summed E-state index contributed by atoms with van der Waals surface area (Å²) < 4.78 is 4.85. The van der Waals surface area contributed by atoms with Gasteiger partial charge in [0.15, 0.2) is 0 Å². The van der Waals surface area contributed by atoms with Gasteiger partial charge in [-0.05, 0) is 43.4 Å². The molecular formula is C16H25NO2. The van der Waals surface area contributed by atoms with Gasteiger partial charge >= 0.3 is 5.97 Å². The van der Waals surface area contributed by atoms with Crippen LogP contribution in [0.25, 0.3) is 0 Å². The van der Waals surface area contributed by atoms with E-state index in [2.05, 4.69) is 43.4 Å². The van der Waals surface area contributed by atoms with Crippen molar-refractivity contribution < 1.29 is 9.53 Å². The lowest BCUT2D eigenvalue weighted by atomic mass is 10.0. The van der Waals surface area contributed by atoms with Gasteiger partial charge in [0.1, 0.15) is 0 Å². The van der Waals surface area contributed by atoms with Crippen molar-refractivity contribution in [1.82, 2.24) is 5.32 Å². The third-order valence-corrected chi connectivity index (χ3v) is 2.83. The highest BCUT2D eigenvalue weighted by molar-refractivity contribution is 5.71. The largest absolute Gasteiger partial charge is 0.465 e. The number of carbonyl (C=O) groups excluding carboxylic acids is 1. The minimum Gasteiger partial charge on any atom is -0.465 e. The van der Waals surface area contributed by atoms with Crippen molar-refractivity contribution in [3.05, 3.63) is 35.4 Å². The molecule has 1 aromatic carbocycles. The minimum atomic E-state index is -0.185. The van der Waals surface area contributed by atoms with Gasteiger partial charge in [0.05, 0.1) is 13.2 Å². The Morgan fingerprint density at radius 3 is 2.42 bits per heavy atom. The third kappa shape index (κ3) is 6.97. The molecule has 0 saturated heterocycles. The molecule has 0 fully saturated rings. The molecule has 0 atom stereocenters. The average molecular weight is 263 g/mol. The van der Waals surface area contributed by atoms with Crippen LogP contribution >= 0.6 is 0 Å². The number of nitrogens with one attached hydrogen (secondary N) is 1. The van der Waals surface area contributed by atoms with E-state index in [0.717, 1.165) is 19.4 Å². The molecule has 0 aliphatic rings. The first-order chi connectivity index (χ1) is 9.11. The number of hydrogen-bond donors (Lipinski definition) is 1. The molecule has 1 aromatic rings. The van der Waals surface area contributed by atoms with Gasteiger partial charge in [0.25, 0.3) is 0 Å². The smallest absolute Gasteiger partial charge is 0.319 e. The number of hydrogen-bond acceptors (Lipinski definition) is 3. The fourth-order valence-electron chi connectivity index (χ4n) is 1.95. The van der Waals surface area contributed by atoms with E-state index in [0.29, 0.717) is 19.1 Å². The number of esters is 1. The van der Waals surface area contributed by atoms with Crippen molar-refractivity contribution in [3.8, 4) is 0 Å². The summed E-state index contributed by atoms with van der Waals surface area (Å²) in [5, 5.41) is 3.09. The van der Waals surface area contributed by atoms with Gasteiger partial charge in [-0.15, -0.1) is 0 Å². The van der Waals surface area contributed by atoms with Crippen LogP contribution in [0.2, 0.25) is 0 Å². The number of benzene rings is 1. The molecule has 0 aromatic heterocycles. The molecule has 0 spiro atoms. The Balaban J connectivity index is 2.24. The van der Waals surface area contributed by atoms with Gasteiger partial charge in [-0.25, -0.2) is 0 Å². The summed E-state index contributed by atoms with van der Waals surface area (Å²) in [6, 6.07) is 8.73. The maximum atomic E-state index is 11.1. The quantitative estimate of drug-likeness (QED) is 0.579. The molecule has 19 heavy (non-hydrogen) atoms. The zero-order valence-corrected chi connectivity index (χ0v) is 12.2. The van der Waals surface area contributed by atoms with Crippen LogP contribution in [0, 0.1) is 5.92 Å². The van der Waals surface area contributed by atoms with Crippen LogP contribution in [0.3, 0.4) is 0 Å². The van der Waals surface area contributed by atoms with Gasteiger partial charge < -0.3 is 10.1 Å². The SMILES string of the molecule is CCOC(=O)CNCCc1ccc(CC(C)C)cc1. The minimum absolute atomic E-state index is 0.185. The lowest BCUT2D eigenvalue weighted by molar-refractivity contribution is -0.141. The van der Waals surface area contributed by atoms with E-state index in [-0.39, 0.29) is 5.97 Å². The Bertz CT molecular complexity index is 371. The third-order valence-electron chi connectivity index (χ3n) is 2.83. The molecule has 3 heteroatoms. The first-order valence-corrected chi connectivity index (χ1v) is 7.06. The standard InChI is InChI=1S/C16H25NO2/c1-4-19-16(18)12-17-10-9-14-5-7-15(8-6-14)11-13(2)3/h5-8,13,17H,4,9-12H2,1-3H3. The predicted octanol–water partition coefficient (Wildman–Crippen LogP) is 2.58. The molecule has 1 N–H and O–H groups in total. The second kappa shape index (κ2) is 8.70. The van der Waals surface area contributed by atoms with E-state index in [4.69, 9.17) is 4.74 Å². The van der Waals surface area contributed by atoms with Gasteiger partial charge in [-0.2, -0.15) is 0 Å². The Hall–Kier alpha value is -1.35. The zero-order chi connectivity index (χ0) is 14.1. The molecule has 1 rings (SSSR count). The number of carbonyl (C=O) groups is 1. The Morgan fingerprint density at radius 2 is 1.84 bits per heavy atom. The molecular weight excluding hydrogens is 238 g/mol. The van der Waals surface area contributed by atoms with Crippen molar-refractivity contribution in [3.63, 3.8) is 0 Å². The second-order valence-corrected chi connectivity index (χ2v) is 5.15. The monoisotopic (exact) mass is 263 g/mol. The topological polar surface area (TPSA) is 38.3 Å². The molecule has 0 unspecified atom stereocenters. The van der Waals surface area contributed by atoms with Crippen molar-refractivity contribution in [1.29, 1.82) is 0 Å². The van der Waals surface area contributed by atoms with Gasteiger partial charge in [0, 0.05) is 0 Å². The van der Waals surface area contributed by atoms with Crippen LogP contribution in [0.1, 0.15) is 31.9 Å². The summed E-state index contributed by atoms with van der Waals surface area (Å²) in [7, 11) is 0. The van der Waals surface area contributed by atoms with Gasteiger partial charge in [0.2, 0.25) is 0 Å². The summed E-state index contributed by atoms with van der Waals surface area (Å²) >= 11 is 0. The summed E-state index contributed by atoms with van der Waals surface area (Å²) in [5.41, 5.74) is 2.68. The van der Waals surface area contributed by atoms with E-state index in [1.807, 2.05) is 6.92 Å². The van der Waals surface area contributed by atoms with Crippen LogP contribution in [-0.4, -0.2) is 25.7 Å². The summed E-state index contributed by atoms with van der Waals surface area (Å²) in [6.45, 7) is 7.80. The summed E-state index contributed by atoms with van der Waals surface area (Å²) in [6.07, 6.45) is 2.06. The average Bonchev–Trinajstić information content (AvgIpc) is 2.36. The predicted molar refractivity (Wildman–Crippen MR) is 78.2 cm³/mol. The Kier molecular flexibility index (Phi) is 7.19. The fourth-order valence-corrected chi connectivity index (χ4v) is 1.95. The van der Waals surface area contributed by atoms with Crippen molar-refractivity contribution in [2.45, 2.75) is 33.6 Å². The molecule has 0 heterocycles. The molecule has 0 radical (unpaired) electrons. The maximum Gasteiger partial charge on any atom is 0.319 e. The molecule has 0 saturated carbocycles. The van der Waals surface area contributed by atoms with Crippen molar-refractivity contribution in [2.75, 3.05) is 19.7 Å². The highest BCUT2D eigenvalue weighted by Gasteiger charge is 2.01. The first-order valence-electron chi connectivity index (χ1n) is 7.06. The van der Waals surface area contributed by atoms with E-state index in [1.165, 1.54) is 11.1 Å². The van der Waals surface area contributed by atoms with Crippen LogP contribution < -0.4 is 5.32 Å². The Morgan fingerprint density at radius 1 is 1.21 bits per heavy atom. The number of ether oxygens (including phenoxy) is 1. The van der Waals surface area contributed by atoms with Gasteiger partial charge in [-0.3, -0.25) is 4.79 Å². The lowest BCUT2D eigenvalue weighted by Crippen LogP contribution is -2.26. The van der Waals surface area contributed by atoms with Crippen LogP contribution in [0.4, 0.5) is 0 Å². The zero-order valence-electron chi connectivity index (χ0n) is 12.2. The van der Waals surface area contributed by atoms with Crippen molar-refractivity contribution in [2.24, 2.45) is 5.92 Å².